The predicted octanol–water partition coefficient (Wildman–Crippen LogP) is 0.573. The molecule has 0 spiro atoms. The topological polar surface area (TPSA) is 58.4 Å². The van der Waals surface area contributed by atoms with Crippen LogP contribution < -0.4 is 11.1 Å². The molecule has 0 aromatic carbocycles. The molecule has 94 valence electrons. The lowest BCUT2D eigenvalue weighted by Crippen LogP contribution is -2.35. The fourth-order valence-electron chi connectivity index (χ4n) is 2.12. The van der Waals surface area contributed by atoms with Crippen LogP contribution in [0.5, 0.6) is 0 Å². The van der Waals surface area contributed by atoms with Gasteiger partial charge in [0, 0.05) is 6.42 Å². The molecule has 4 nitrogen and oxygen atoms in total. The van der Waals surface area contributed by atoms with Crippen molar-refractivity contribution in [2.75, 3.05) is 33.2 Å². The second-order valence-corrected chi connectivity index (χ2v) is 4.87. The van der Waals surface area contributed by atoms with Gasteiger partial charge < -0.3 is 16.0 Å². The van der Waals surface area contributed by atoms with E-state index in [1.807, 2.05) is 0 Å². The van der Waals surface area contributed by atoms with Gasteiger partial charge in [0.15, 0.2) is 0 Å². The first kappa shape index (κ1) is 13.5. The number of nitrogens with two attached hydrogens (primary N) is 1. The van der Waals surface area contributed by atoms with Gasteiger partial charge in [0.2, 0.25) is 5.91 Å². The Hall–Kier alpha value is -0.610. The van der Waals surface area contributed by atoms with Crippen LogP contribution in [0.4, 0.5) is 0 Å². The average Bonchev–Trinajstić information content (AvgIpc) is 2.25. The normalized spacial score (nSPS) is 18.8. The van der Waals surface area contributed by atoms with Crippen molar-refractivity contribution in [1.29, 1.82) is 0 Å². The maximum Gasteiger partial charge on any atom is 0.217 e. The van der Waals surface area contributed by atoms with Crippen LogP contribution >= 0.6 is 0 Å². The molecule has 1 rings (SSSR count). The van der Waals surface area contributed by atoms with Gasteiger partial charge in [-0.2, -0.15) is 0 Å². The smallest absolute Gasteiger partial charge is 0.217 e. The molecule has 3 N–H and O–H groups in total. The first-order chi connectivity index (χ1) is 7.68. The molecule has 1 aliphatic heterocycles. The molecule has 16 heavy (non-hydrogen) atoms. The van der Waals surface area contributed by atoms with Gasteiger partial charge >= 0.3 is 0 Å². The molecule has 0 bridgehead atoms. The first-order valence-electron chi connectivity index (χ1n) is 6.36. The second-order valence-electron chi connectivity index (χ2n) is 4.87. The summed E-state index contributed by atoms with van der Waals surface area (Å²) in [6.45, 7) is 4.60. The summed E-state index contributed by atoms with van der Waals surface area (Å²) >= 11 is 0. The van der Waals surface area contributed by atoms with Crippen molar-refractivity contribution in [3.8, 4) is 0 Å². The zero-order valence-corrected chi connectivity index (χ0v) is 10.4. The molecule has 1 saturated heterocycles. The van der Waals surface area contributed by atoms with Crippen molar-refractivity contribution in [1.82, 2.24) is 10.2 Å². The minimum atomic E-state index is -0.185. The number of carbonyl (C=O) groups is 1. The summed E-state index contributed by atoms with van der Waals surface area (Å²) in [7, 11) is 2.19. The molecule has 1 fully saturated rings. The van der Waals surface area contributed by atoms with Crippen molar-refractivity contribution in [2.45, 2.75) is 32.1 Å². The molecule has 1 heterocycles. The Labute approximate surface area is 98.6 Å². The van der Waals surface area contributed by atoms with Crippen LogP contribution in [0.1, 0.15) is 32.1 Å². The number of amides is 1. The first-order valence-corrected chi connectivity index (χ1v) is 6.36. The Morgan fingerprint density at radius 1 is 1.38 bits per heavy atom. The maximum absolute atomic E-state index is 10.5. The number of nitrogens with zero attached hydrogens (tertiary/aromatic N) is 1. The summed E-state index contributed by atoms with van der Waals surface area (Å²) in [6, 6.07) is 0. The number of rotatable bonds is 7. The Bertz CT molecular complexity index is 200. The van der Waals surface area contributed by atoms with Crippen LogP contribution in [0.25, 0.3) is 0 Å². The van der Waals surface area contributed by atoms with E-state index in [0.717, 1.165) is 31.8 Å². The molecule has 0 aromatic heterocycles. The van der Waals surface area contributed by atoms with Gasteiger partial charge in [0.25, 0.3) is 0 Å². The van der Waals surface area contributed by atoms with E-state index >= 15 is 0 Å². The summed E-state index contributed by atoms with van der Waals surface area (Å²) in [4.78, 5) is 12.9. The zero-order valence-electron chi connectivity index (χ0n) is 10.4. The molecule has 0 unspecified atom stereocenters. The number of carbonyl (C=O) groups excluding carboxylic acids is 1. The lowest BCUT2D eigenvalue weighted by atomic mass is 9.97. The summed E-state index contributed by atoms with van der Waals surface area (Å²) in [5, 5.41) is 3.47. The van der Waals surface area contributed by atoms with Crippen molar-refractivity contribution in [2.24, 2.45) is 11.7 Å². The Kier molecular flexibility index (Phi) is 6.42. The highest BCUT2D eigenvalue weighted by atomic mass is 16.1. The van der Waals surface area contributed by atoms with Crippen LogP contribution in [0.3, 0.4) is 0 Å². The van der Waals surface area contributed by atoms with Crippen molar-refractivity contribution < 1.29 is 4.79 Å². The molecule has 4 heteroatoms. The second kappa shape index (κ2) is 7.63. The van der Waals surface area contributed by atoms with Crippen molar-refractivity contribution in [3.05, 3.63) is 0 Å². The fraction of sp³-hybridized carbons (Fsp3) is 0.917. The molecule has 0 atom stereocenters. The molecular weight excluding hydrogens is 202 g/mol. The molecule has 0 aliphatic carbocycles. The maximum atomic E-state index is 10.5. The van der Waals surface area contributed by atoms with E-state index in [2.05, 4.69) is 17.3 Å². The Morgan fingerprint density at radius 2 is 2.06 bits per heavy atom. The highest BCUT2D eigenvalue weighted by Gasteiger charge is 2.15. The monoisotopic (exact) mass is 227 g/mol. The van der Waals surface area contributed by atoms with Gasteiger partial charge in [-0.15, -0.1) is 0 Å². The van der Waals surface area contributed by atoms with E-state index in [1.165, 1.54) is 25.9 Å². The summed E-state index contributed by atoms with van der Waals surface area (Å²) in [5.41, 5.74) is 5.07. The molecule has 1 aliphatic rings. The standard InChI is InChI=1S/C12H25N3O/c1-15-8-5-11(6-9-15)10-14-7-3-2-4-12(13)16/h11,14H,2-10H2,1H3,(H2,13,16). The van der Waals surface area contributed by atoms with Gasteiger partial charge in [-0.1, -0.05) is 0 Å². The van der Waals surface area contributed by atoms with Crippen LogP contribution in [0.2, 0.25) is 0 Å². The minimum Gasteiger partial charge on any atom is -0.370 e. The van der Waals surface area contributed by atoms with E-state index in [1.54, 1.807) is 0 Å². The van der Waals surface area contributed by atoms with Gasteiger partial charge in [-0.3, -0.25) is 4.79 Å². The van der Waals surface area contributed by atoms with E-state index in [4.69, 9.17) is 5.73 Å². The third kappa shape index (κ3) is 6.08. The van der Waals surface area contributed by atoms with E-state index in [-0.39, 0.29) is 5.91 Å². The number of likely N-dealkylation sites (tertiary alicyclic amines) is 1. The Balaban J connectivity index is 1.89. The van der Waals surface area contributed by atoms with Crippen molar-refractivity contribution in [3.63, 3.8) is 0 Å². The summed E-state index contributed by atoms with van der Waals surface area (Å²) in [6.07, 6.45) is 5.11. The van der Waals surface area contributed by atoms with E-state index in [0.29, 0.717) is 6.42 Å². The van der Waals surface area contributed by atoms with Crippen LogP contribution in [-0.2, 0) is 4.79 Å². The third-order valence-electron chi connectivity index (χ3n) is 3.30. The van der Waals surface area contributed by atoms with Crippen LogP contribution in [0.15, 0.2) is 0 Å². The van der Waals surface area contributed by atoms with E-state index in [9.17, 15) is 4.79 Å². The number of hydrogen-bond acceptors (Lipinski definition) is 3. The highest BCUT2D eigenvalue weighted by Crippen LogP contribution is 2.14. The molecule has 1 amide bonds. The zero-order chi connectivity index (χ0) is 11.8. The number of piperidine rings is 1. The SMILES string of the molecule is CN1CCC(CNCCCCC(N)=O)CC1. The fourth-order valence-corrected chi connectivity index (χ4v) is 2.12. The predicted molar refractivity (Wildman–Crippen MR) is 66.1 cm³/mol. The average molecular weight is 227 g/mol. The van der Waals surface area contributed by atoms with Gasteiger partial charge in [-0.05, 0) is 64.8 Å². The molecule has 0 aromatic rings. The largest absolute Gasteiger partial charge is 0.370 e. The minimum absolute atomic E-state index is 0.185. The molecule has 0 saturated carbocycles. The van der Waals surface area contributed by atoms with Gasteiger partial charge in [-0.25, -0.2) is 0 Å². The number of unbranched alkanes of at least 4 members (excludes halogenated alkanes) is 1. The number of nitrogens with one attached hydrogen (secondary N) is 1. The van der Waals surface area contributed by atoms with Gasteiger partial charge in [0.05, 0.1) is 0 Å². The van der Waals surface area contributed by atoms with E-state index < -0.39 is 0 Å². The highest BCUT2D eigenvalue weighted by molar-refractivity contribution is 5.73. The quantitative estimate of drug-likeness (QED) is 0.625. The van der Waals surface area contributed by atoms with Gasteiger partial charge in [0.1, 0.15) is 0 Å². The van der Waals surface area contributed by atoms with Crippen LogP contribution in [0, 0.1) is 5.92 Å². The summed E-state index contributed by atoms with van der Waals surface area (Å²) < 4.78 is 0. The lowest BCUT2D eigenvalue weighted by Gasteiger charge is -2.29. The lowest BCUT2D eigenvalue weighted by molar-refractivity contribution is -0.118. The number of hydrogen-bond donors (Lipinski definition) is 2. The molecular formula is C12H25N3O. The third-order valence-corrected chi connectivity index (χ3v) is 3.30. The molecule has 0 radical (unpaired) electrons. The Morgan fingerprint density at radius 3 is 2.69 bits per heavy atom. The van der Waals surface area contributed by atoms with Crippen LogP contribution in [-0.4, -0.2) is 44.0 Å². The van der Waals surface area contributed by atoms with Crippen molar-refractivity contribution >= 4 is 5.91 Å². The summed E-state index contributed by atoms with van der Waals surface area (Å²) in [5.74, 6) is 0.655. The number of primary amides is 1.